The number of hydrogen-bond acceptors (Lipinski definition) is 2. The minimum atomic E-state index is -0.205. The first-order chi connectivity index (χ1) is 6.60. The van der Waals surface area contributed by atoms with Gasteiger partial charge >= 0.3 is 0 Å². The fourth-order valence-electron chi connectivity index (χ4n) is 1.88. The van der Waals surface area contributed by atoms with Crippen LogP contribution >= 0.6 is 0 Å². The summed E-state index contributed by atoms with van der Waals surface area (Å²) in [5, 5.41) is 9.24. The minimum Gasteiger partial charge on any atom is -0.392 e. The van der Waals surface area contributed by atoms with Crippen LogP contribution in [0.2, 0.25) is 0 Å². The third-order valence-electron chi connectivity index (χ3n) is 2.69. The molecule has 0 fully saturated rings. The Morgan fingerprint density at radius 3 is 2.29 bits per heavy atom. The van der Waals surface area contributed by atoms with Gasteiger partial charge in [0.2, 0.25) is 0 Å². The molecule has 0 spiro atoms. The number of unbranched alkanes of at least 4 members (excludes halogenated alkanes) is 1. The number of nitrogens with zero attached hydrogens (tertiary/aromatic N) is 1. The van der Waals surface area contributed by atoms with Gasteiger partial charge in [-0.2, -0.15) is 0 Å². The van der Waals surface area contributed by atoms with Crippen molar-refractivity contribution in [1.29, 1.82) is 0 Å². The molecule has 2 heteroatoms. The van der Waals surface area contributed by atoms with E-state index in [1.807, 2.05) is 6.92 Å². The molecule has 0 amide bonds. The molecule has 0 aromatic rings. The van der Waals surface area contributed by atoms with Crippen molar-refractivity contribution in [2.45, 2.75) is 52.6 Å². The molecule has 0 aliphatic carbocycles. The minimum absolute atomic E-state index is 0.205. The van der Waals surface area contributed by atoms with Gasteiger partial charge in [-0.05, 0) is 26.3 Å². The highest BCUT2D eigenvalue weighted by Gasteiger charge is 2.10. The zero-order chi connectivity index (χ0) is 11.0. The topological polar surface area (TPSA) is 23.5 Å². The molecule has 0 saturated carbocycles. The Balaban J connectivity index is 3.68. The van der Waals surface area contributed by atoms with Crippen molar-refractivity contribution in [3.8, 4) is 0 Å². The Morgan fingerprint density at radius 2 is 1.86 bits per heavy atom. The van der Waals surface area contributed by atoms with Gasteiger partial charge in [-0.25, -0.2) is 0 Å². The predicted octanol–water partition coefficient (Wildman–Crippen LogP) is 2.52. The molecule has 0 rings (SSSR count). The van der Waals surface area contributed by atoms with Crippen LogP contribution in [0.3, 0.4) is 0 Å². The standard InChI is InChI=1S/C12H27NO/c1-5-7-8-12(6-2)10-13(4)9-11(3)14/h11-12,14H,5-10H2,1-4H3. The van der Waals surface area contributed by atoms with Gasteiger partial charge in [0.05, 0.1) is 6.10 Å². The first kappa shape index (κ1) is 13.9. The third-order valence-corrected chi connectivity index (χ3v) is 2.69. The molecule has 0 aliphatic heterocycles. The van der Waals surface area contributed by atoms with Crippen molar-refractivity contribution >= 4 is 0 Å². The average molecular weight is 201 g/mol. The molecule has 14 heavy (non-hydrogen) atoms. The maximum absolute atomic E-state index is 9.24. The van der Waals surface area contributed by atoms with Crippen LogP contribution in [-0.2, 0) is 0 Å². The Bertz CT molecular complexity index is 125. The van der Waals surface area contributed by atoms with Crippen molar-refractivity contribution in [3.63, 3.8) is 0 Å². The Hall–Kier alpha value is -0.0800. The van der Waals surface area contributed by atoms with Crippen LogP contribution in [0.25, 0.3) is 0 Å². The highest BCUT2D eigenvalue weighted by molar-refractivity contribution is 4.64. The summed E-state index contributed by atoms with van der Waals surface area (Å²) >= 11 is 0. The fourth-order valence-corrected chi connectivity index (χ4v) is 1.88. The molecular weight excluding hydrogens is 174 g/mol. The second kappa shape index (κ2) is 8.25. The average Bonchev–Trinajstić information content (AvgIpc) is 2.10. The third kappa shape index (κ3) is 7.34. The summed E-state index contributed by atoms with van der Waals surface area (Å²) in [6.07, 6.45) is 5.00. The maximum Gasteiger partial charge on any atom is 0.0638 e. The van der Waals surface area contributed by atoms with Gasteiger partial charge in [0.15, 0.2) is 0 Å². The van der Waals surface area contributed by atoms with E-state index in [2.05, 4.69) is 25.8 Å². The van der Waals surface area contributed by atoms with E-state index in [9.17, 15) is 5.11 Å². The Kier molecular flexibility index (Phi) is 8.20. The molecule has 0 aromatic carbocycles. The molecule has 0 aliphatic rings. The summed E-state index contributed by atoms with van der Waals surface area (Å²) in [5.74, 6) is 0.804. The van der Waals surface area contributed by atoms with E-state index in [0.29, 0.717) is 0 Å². The van der Waals surface area contributed by atoms with Crippen molar-refractivity contribution in [2.75, 3.05) is 20.1 Å². The summed E-state index contributed by atoms with van der Waals surface area (Å²) in [6, 6.07) is 0. The summed E-state index contributed by atoms with van der Waals surface area (Å²) in [6.45, 7) is 8.27. The molecule has 0 radical (unpaired) electrons. The Morgan fingerprint density at radius 1 is 1.21 bits per heavy atom. The fraction of sp³-hybridized carbons (Fsp3) is 1.00. The van der Waals surface area contributed by atoms with Gasteiger partial charge in [0.1, 0.15) is 0 Å². The first-order valence-electron chi connectivity index (χ1n) is 5.96. The smallest absolute Gasteiger partial charge is 0.0638 e. The van der Waals surface area contributed by atoms with Crippen LogP contribution in [0.15, 0.2) is 0 Å². The number of aliphatic hydroxyl groups excluding tert-OH is 1. The Labute approximate surface area is 89.3 Å². The highest BCUT2D eigenvalue weighted by Crippen LogP contribution is 2.13. The molecule has 2 unspecified atom stereocenters. The zero-order valence-corrected chi connectivity index (χ0v) is 10.3. The molecule has 2 atom stereocenters. The van der Waals surface area contributed by atoms with Crippen LogP contribution in [0.1, 0.15) is 46.5 Å². The maximum atomic E-state index is 9.24. The van der Waals surface area contributed by atoms with E-state index >= 15 is 0 Å². The van der Waals surface area contributed by atoms with Crippen LogP contribution in [0.5, 0.6) is 0 Å². The van der Waals surface area contributed by atoms with Gasteiger partial charge in [-0.15, -0.1) is 0 Å². The van der Waals surface area contributed by atoms with E-state index in [1.54, 1.807) is 0 Å². The lowest BCUT2D eigenvalue weighted by atomic mass is 9.99. The molecule has 1 N–H and O–H groups in total. The SMILES string of the molecule is CCCCC(CC)CN(C)CC(C)O. The van der Waals surface area contributed by atoms with Gasteiger partial charge in [0.25, 0.3) is 0 Å². The van der Waals surface area contributed by atoms with Crippen LogP contribution in [-0.4, -0.2) is 36.2 Å². The molecule has 0 heterocycles. The first-order valence-corrected chi connectivity index (χ1v) is 5.96. The lowest BCUT2D eigenvalue weighted by Crippen LogP contribution is -2.31. The predicted molar refractivity (Wildman–Crippen MR) is 62.5 cm³/mol. The lowest BCUT2D eigenvalue weighted by Gasteiger charge is -2.24. The quantitative estimate of drug-likeness (QED) is 0.652. The number of rotatable bonds is 8. The van der Waals surface area contributed by atoms with E-state index in [4.69, 9.17) is 0 Å². The summed E-state index contributed by atoms with van der Waals surface area (Å²) < 4.78 is 0. The van der Waals surface area contributed by atoms with E-state index in [-0.39, 0.29) is 6.10 Å². The number of aliphatic hydroxyl groups is 1. The zero-order valence-electron chi connectivity index (χ0n) is 10.3. The van der Waals surface area contributed by atoms with E-state index < -0.39 is 0 Å². The number of likely N-dealkylation sites (N-methyl/N-ethyl adjacent to an activating group) is 1. The van der Waals surface area contributed by atoms with Crippen LogP contribution in [0, 0.1) is 5.92 Å². The molecular formula is C12H27NO. The van der Waals surface area contributed by atoms with Gasteiger partial charge in [-0.3, -0.25) is 0 Å². The van der Waals surface area contributed by atoms with Gasteiger partial charge in [0, 0.05) is 13.1 Å². The summed E-state index contributed by atoms with van der Waals surface area (Å²) in [4.78, 5) is 2.24. The monoisotopic (exact) mass is 201 g/mol. The van der Waals surface area contributed by atoms with Crippen molar-refractivity contribution < 1.29 is 5.11 Å². The van der Waals surface area contributed by atoms with Crippen molar-refractivity contribution in [1.82, 2.24) is 4.90 Å². The summed E-state index contributed by atoms with van der Waals surface area (Å²) in [7, 11) is 2.10. The second-order valence-electron chi connectivity index (χ2n) is 4.49. The molecule has 86 valence electrons. The second-order valence-corrected chi connectivity index (χ2v) is 4.49. The van der Waals surface area contributed by atoms with E-state index in [1.165, 1.54) is 25.7 Å². The van der Waals surface area contributed by atoms with Gasteiger partial charge < -0.3 is 10.0 Å². The lowest BCUT2D eigenvalue weighted by molar-refractivity contribution is 0.129. The molecule has 0 aromatic heterocycles. The number of hydrogen-bond donors (Lipinski definition) is 1. The van der Waals surface area contributed by atoms with Crippen molar-refractivity contribution in [2.24, 2.45) is 5.92 Å². The highest BCUT2D eigenvalue weighted by atomic mass is 16.3. The normalized spacial score (nSPS) is 15.9. The molecule has 0 saturated heterocycles. The largest absolute Gasteiger partial charge is 0.392 e. The van der Waals surface area contributed by atoms with Crippen LogP contribution < -0.4 is 0 Å². The van der Waals surface area contributed by atoms with E-state index in [0.717, 1.165) is 19.0 Å². The molecule has 0 bridgehead atoms. The summed E-state index contributed by atoms with van der Waals surface area (Å²) in [5.41, 5.74) is 0. The van der Waals surface area contributed by atoms with Gasteiger partial charge in [-0.1, -0.05) is 33.1 Å². The van der Waals surface area contributed by atoms with Crippen molar-refractivity contribution in [3.05, 3.63) is 0 Å². The van der Waals surface area contributed by atoms with Crippen LogP contribution in [0.4, 0.5) is 0 Å². The molecule has 2 nitrogen and oxygen atoms in total.